The Kier molecular flexibility index (Phi) is 4.93. The maximum absolute atomic E-state index is 12.1. The summed E-state index contributed by atoms with van der Waals surface area (Å²) in [6.07, 6.45) is 2.05. The van der Waals surface area contributed by atoms with Gasteiger partial charge in [0.15, 0.2) is 6.10 Å². The number of carbonyl (C=O) groups is 1. The smallest absolute Gasteiger partial charge is 0.253 e. The van der Waals surface area contributed by atoms with Gasteiger partial charge in [-0.15, -0.1) is 0 Å². The summed E-state index contributed by atoms with van der Waals surface area (Å²) in [5.74, 6) is -0.0714. The van der Waals surface area contributed by atoms with E-state index in [1.807, 2.05) is 30.3 Å². The first-order valence-corrected chi connectivity index (χ1v) is 6.78. The van der Waals surface area contributed by atoms with Crippen molar-refractivity contribution in [2.45, 2.75) is 25.0 Å². The van der Waals surface area contributed by atoms with Crippen LogP contribution < -0.4 is 5.32 Å². The quantitative estimate of drug-likeness (QED) is 0.811. The Hall–Kier alpha value is -1.39. The SMILES string of the molecule is COC(C(=O)NCCN(C)C1CC1)c1ccccc1. The molecule has 0 aromatic heterocycles. The van der Waals surface area contributed by atoms with E-state index in [1.165, 1.54) is 12.8 Å². The van der Waals surface area contributed by atoms with E-state index in [9.17, 15) is 4.79 Å². The Morgan fingerprint density at radius 1 is 1.42 bits per heavy atom. The Bertz CT molecular complexity index is 404. The molecule has 0 bridgehead atoms. The number of carbonyl (C=O) groups excluding carboxylic acids is 1. The summed E-state index contributed by atoms with van der Waals surface area (Å²) in [6, 6.07) is 10.3. The van der Waals surface area contributed by atoms with Gasteiger partial charge in [0.1, 0.15) is 0 Å². The third-order valence-electron chi connectivity index (χ3n) is 3.51. The summed E-state index contributed by atoms with van der Waals surface area (Å²) >= 11 is 0. The molecular weight excluding hydrogens is 240 g/mol. The summed E-state index contributed by atoms with van der Waals surface area (Å²) in [5.41, 5.74) is 0.887. The molecule has 1 amide bonds. The van der Waals surface area contributed by atoms with Gasteiger partial charge in [-0.3, -0.25) is 4.79 Å². The molecule has 1 unspecified atom stereocenters. The molecule has 0 radical (unpaired) electrons. The fraction of sp³-hybridized carbons (Fsp3) is 0.533. The van der Waals surface area contributed by atoms with Crippen LogP contribution in [0, 0.1) is 0 Å². The second-order valence-electron chi connectivity index (χ2n) is 5.03. The molecule has 1 aliphatic carbocycles. The predicted octanol–water partition coefficient (Wildman–Crippen LogP) is 1.58. The number of hydrogen-bond acceptors (Lipinski definition) is 3. The van der Waals surface area contributed by atoms with Crippen LogP contribution in [-0.4, -0.2) is 44.1 Å². The lowest BCUT2D eigenvalue weighted by Crippen LogP contribution is -2.36. The van der Waals surface area contributed by atoms with Gasteiger partial charge in [-0.2, -0.15) is 0 Å². The van der Waals surface area contributed by atoms with Crippen molar-refractivity contribution >= 4 is 5.91 Å². The van der Waals surface area contributed by atoms with E-state index in [2.05, 4.69) is 17.3 Å². The van der Waals surface area contributed by atoms with Crippen LogP contribution in [0.5, 0.6) is 0 Å². The molecule has 1 saturated carbocycles. The molecule has 104 valence electrons. The summed E-state index contributed by atoms with van der Waals surface area (Å²) in [5, 5.41) is 2.94. The summed E-state index contributed by atoms with van der Waals surface area (Å²) in [7, 11) is 3.67. The molecule has 1 fully saturated rings. The van der Waals surface area contributed by atoms with Crippen molar-refractivity contribution in [1.29, 1.82) is 0 Å². The topological polar surface area (TPSA) is 41.6 Å². The molecule has 0 spiro atoms. The lowest BCUT2D eigenvalue weighted by atomic mass is 10.1. The first kappa shape index (κ1) is 14.0. The number of hydrogen-bond donors (Lipinski definition) is 1. The number of benzene rings is 1. The monoisotopic (exact) mass is 262 g/mol. The Morgan fingerprint density at radius 3 is 2.68 bits per heavy atom. The predicted molar refractivity (Wildman–Crippen MR) is 74.9 cm³/mol. The normalized spacial score (nSPS) is 16.4. The van der Waals surface area contributed by atoms with E-state index < -0.39 is 6.10 Å². The largest absolute Gasteiger partial charge is 0.367 e. The van der Waals surface area contributed by atoms with E-state index in [0.29, 0.717) is 6.54 Å². The van der Waals surface area contributed by atoms with Gasteiger partial charge in [0, 0.05) is 26.2 Å². The molecular formula is C15H22N2O2. The van der Waals surface area contributed by atoms with E-state index in [0.717, 1.165) is 18.2 Å². The minimum atomic E-state index is -0.521. The summed E-state index contributed by atoms with van der Waals surface area (Å²) < 4.78 is 5.29. The first-order chi connectivity index (χ1) is 9.22. The maximum atomic E-state index is 12.1. The number of rotatable bonds is 7. The molecule has 2 rings (SSSR count). The summed E-state index contributed by atoms with van der Waals surface area (Å²) in [4.78, 5) is 14.4. The number of methoxy groups -OCH3 is 1. The molecule has 1 aromatic carbocycles. The molecule has 0 saturated heterocycles. The minimum Gasteiger partial charge on any atom is -0.367 e. The highest BCUT2D eigenvalue weighted by atomic mass is 16.5. The van der Waals surface area contributed by atoms with Gasteiger partial charge in [-0.25, -0.2) is 0 Å². The number of likely N-dealkylation sites (N-methyl/N-ethyl adjacent to an activating group) is 1. The molecule has 19 heavy (non-hydrogen) atoms. The van der Waals surface area contributed by atoms with Crippen LogP contribution in [0.4, 0.5) is 0 Å². The fourth-order valence-electron chi connectivity index (χ4n) is 2.17. The fourth-order valence-corrected chi connectivity index (χ4v) is 2.17. The third kappa shape index (κ3) is 4.04. The Balaban J connectivity index is 1.80. The second kappa shape index (κ2) is 6.68. The van der Waals surface area contributed by atoms with Crippen molar-refractivity contribution in [2.24, 2.45) is 0 Å². The van der Waals surface area contributed by atoms with Crippen molar-refractivity contribution in [3.63, 3.8) is 0 Å². The summed E-state index contributed by atoms with van der Waals surface area (Å²) in [6.45, 7) is 1.56. The van der Waals surface area contributed by atoms with Gasteiger partial charge < -0.3 is 15.0 Å². The Labute approximate surface area is 114 Å². The average Bonchev–Trinajstić information content (AvgIpc) is 3.25. The maximum Gasteiger partial charge on any atom is 0.253 e. The van der Waals surface area contributed by atoms with Gasteiger partial charge in [-0.1, -0.05) is 30.3 Å². The average molecular weight is 262 g/mol. The van der Waals surface area contributed by atoms with Crippen LogP contribution in [-0.2, 0) is 9.53 Å². The van der Waals surface area contributed by atoms with E-state index >= 15 is 0 Å². The first-order valence-electron chi connectivity index (χ1n) is 6.78. The van der Waals surface area contributed by atoms with Crippen molar-refractivity contribution in [1.82, 2.24) is 10.2 Å². The van der Waals surface area contributed by atoms with Crippen LogP contribution in [0.25, 0.3) is 0 Å². The lowest BCUT2D eigenvalue weighted by molar-refractivity contribution is -0.131. The second-order valence-corrected chi connectivity index (χ2v) is 5.03. The molecule has 1 aromatic rings. The molecule has 4 heteroatoms. The van der Waals surface area contributed by atoms with Crippen molar-refractivity contribution in [3.8, 4) is 0 Å². The zero-order valence-electron chi connectivity index (χ0n) is 11.6. The molecule has 1 atom stereocenters. The molecule has 4 nitrogen and oxygen atoms in total. The van der Waals surface area contributed by atoms with E-state index in [1.54, 1.807) is 7.11 Å². The number of ether oxygens (including phenoxy) is 1. The minimum absolute atomic E-state index is 0.0714. The molecule has 0 aliphatic heterocycles. The standard InChI is InChI=1S/C15H22N2O2/c1-17(13-8-9-13)11-10-16-15(18)14(19-2)12-6-4-3-5-7-12/h3-7,13-14H,8-11H2,1-2H3,(H,16,18). The lowest BCUT2D eigenvalue weighted by Gasteiger charge is -2.18. The van der Waals surface area contributed by atoms with Crippen molar-refractivity contribution < 1.29 is 9.53 Å². The van der Waals surface area contributed by atoms with Crippen LogP contribution in [0.15, 0.2) is 30.3 Å². The Morgan fingerprint density at radius 2 is 2.11 bits per heavy atom. The molecule has 1 aliphatic rings. The molecule has 1 N–H and O–H groups in total. The zero-order chi connectivity index (χ0) is 13.7. The number of nitrogens with zero attached hydrogens (tertiary/aromatic N) is 1. The van der Waals surface area contributed by atoms with E-state index in [-0.39, 0.29) is 5.91 Å². The van der Waals surface area contributed by atoms with Crippen molar-refractivity contribution in [3.05, 3.63) is 35.9 Å². The van der Waals surface area contributed by atoms with Gasteiger partial charge in [0.25, 0.3) is 5.91 Å². The molecule has 0 heterocycles. The van der Waals surface area contributed by atoms with Crippen LogP contribution in [0.1, 0.15) is 24.5 Å². The van der Waals surface area contributed by atoms with Gasteiger partial charge in [0.2, 0.25) is 0 Å². The number of nitrogens with one attached hydrogen (secondary N) is 1. The highest BCUT2D eigenvalue weighted by molar-refractivity contribution is 5.82. The van der Waals surface area contributed by atoms with Crippen LogP contribution in [0.3, 0.4) is 0 Å². The van der Waals surface area contributed by atoms with Crippen LogP contribution in [0.2, 0.25) is 0 Å². The zero-order valence-corrected chi connectivity index (χ0v) is 11.6. The number of amides is 1. The highest BCUT2D eigenvalue weighted by Crippen LogP contribution is 2.24. The van der Waals surface area contributed by atoms with Gasteiger partial charge >= 0.3 is 0 Å². The van der Waals surface area contributed by atoms with Gasteiger partial charge in [0.05, 0.1) is 0 Å². The van der Waals surface area contributed by atoms with E-state index in [4.69, 9.17) is 4.74 Å². The van der Waals surface area contributed by atoms with Gasteiger partial charge in [-0.05, 0) is 25.5 Å². The third-order valence-corrected chi connectivity index (χ3v) is 3.51. The highest BCUT2D eigenvalue weighted by Gasteiger charge is 2.26. The van der Waals surface area contributed by atoms with Crippen molar-refractivity contribution in [2.75, 3.05) is 27.2 Å². The van der Waals surface area contributed by atoms with Crippen LogP contribution >= 0.6 is 0 Å².